The van der Waals surface area contributed by atoms with Crippen molar-refractivity contribution in [2.24, 2.45) is 0 Å². The molecular formula is C17H29N3. The van der Waals surface area contributed by atoms with Crippen molar-refractivity contribution in [2.75, 3.05) is 6.54 Å². The van der Waals surface area contributed by atoms with Crippen LogP contribution in [-0.4, -0.2) is 21.6 Å². The Morgan fingerprint density at radius 1 is 1.25 bits per heavy atom. The van der Waals surface area contributed by atoms with Crippen molar-refractivity contribution in [3.05, 3.63) is 18.2 Å². The summed E-state index contributed by atoms with van der Waals surface area (Å²) >= 11 is 0. The molecule has 1 aliphatic carbocycles. The molecule has 1 spiro atoms. The molecule has 0 bridgehead atoms. The lowest BCUT2D eigenvalue weighted by atomic mass is 9.74. The van der Waals surface area contributed by atoms with Crippen LogP contribution in [0.3, 0.4) is 0 Å². The standard InChI is InChI=1S/C17H29N3/c1-16(2,3)15-12-18-13-20(15)14-7-10-19-17(11-14)8-5-4-6-9-17/h12-14,19H,4-11H2,1-3H3. The van der Waals surface area contributed by atoms with Gasteiger partial charge in [-0.2, -0.15) is 0 Å². The van der Waals surface area contributed by atoms with Gasteiger partial charge in [0.1, 0.15) is 0 Å². The zero-order valence-electron chi connectivity index (χ0n) is 13.3. The van der Waals surface area contributed by atoms with Crippen molar-refractivity contribution in [3.63, 3.8) is 0 Å². The van der Waals surface area contributed by atoms with Gasteiger partial charge >= 0.3 is 0 Å². The molecule has 1 saturated heterocycles. The Labute approximate surface area is 123 Å². The lowest BCUT2D eigenvalue weighted by Gasteiger charge is -2.45. The number of piperidine rings is 1. The molecule has 1 saturated carbocycles. The number of hydrogen-bond acceptors (Lipinski definition) is 2. The van der Waals surface area contributed by atoms with Gasteiger partial charge < -0.3 is 9.88 Å². The van der Waals surface area contributed by atoms with Gasteiger partial charge in [-0.3, -0.25) is 0 Å². The average molecular weight is 275 g/mol. The Morgan fingerprint density at radius 2 is 2.00 bits per heavy atom. The molecule has 0 amide bonds. The van der Waals surface area contributed by atoms with Crippen molar-refractivity contribution in [2.45, 2.75) is 82.7 Å². The van der Waals surface area contributed by atoms with E-state index >= 15 is 0 Å². The fraction of sp³-hybridized carbons (Fsp3) is 0.824. The molecule has 0 radical (unpaired) electrons. The van der Waals surface area contributed by atoms with E-state index in [1.165, 1.54) is 50.6 Å². The van der Waals surface area contributed by atoms with Crippen LogP contribution in [-0.2, 0) is 5.41 Å². The number of nitrogens with one attached hydrogen (secondary N) is 1. The zero-order valence-corrected chi connectivity index (χ0v) is 13.3. The van der Waals surface area contributed by atoms with Gasteiger partial charge in [-0.15, -0.1) is 0 Å². The van der Waals surface area contributed by atoms with Gasteiger partial charge in [-0.1, -0.05) is 40.0 Å². The molecule has 1 unspecified atom stereocenters. The molecule has 1 N–H and O–H groups in total. The molecule has 2 aliphatic rings. The summed E-state index contributed by atoms with van der Waals surface area (Å²) in [5, 5.41) is 3.85. The largest absolute Gasteiger partial charge is 0.331 e. The Bertz CT molecular complexity index is 444. The van der Waals surface area contributed by atoms with Crippen LogP contribution in [0.15, 0.2) is 12.5 Å². The van der Waals surface area contributed by atoms with Crippen LogP contribution >= 0.6 is 0 Å². The van der Waals surface area contributed by atoms with Gasteiger partial charge in [0.2, 0.25) is 0 Å². The molecule has 1 aliphatic heterocycles. The predicted octanol–water partition coefficient (Wildman–Crippen LogP) is 3.81. The van der Waals surface area contributed by atoms with Crippen LogP contribution in [0.1, 0.15) is 77.5 Å². The fourth-order valence-electron chi connectivity index (χ4n) is 4.15. The van der Waals surface area contributed by atoms with Crippen LogP contribution in [0.25, 0.3) is 0 Å². The van der Waals surface area contributed by atoms with E-state index in [2.05, 4.69) is 48.2 Å². The minimum atomic E-state index is 0.182. The van der Waals surface area contributed by atoms with E-state index in [-0.39, 0.29) is 5.41 Å². The zero-order chi connectivity index (χ0) is 14.2. The molecule has 1 aromatic rings. The topological polar surface area (TPSA) is 29.9 Å². The lowest BCUT2D eigenvalue weighted by Crippen LogP contribution is -2.52. The highest BCUT2D eigenvalue weighted by Gasteiger charge is 2.38. The minimum Gasteiger partial charge on any atom is -0.331 e. The molecule has 3 nitrogen and oxygen atoms in total. The van der Waals surface area contributed by atoms with Crippen LogP contribution in [0, 0.1) is 0 Å². The van der Waals surface area contributed by atoms with Crippen LogP contribution in [0.4, 0.5) is 0 Å². The highest BCUT2D eigenvalue weighted by atomic mass is 15.1. The molecule has 3 heteroatoms. The number of hydrogen-bond donors (Lipinski definition) is 1. The summed E-state index contributed by atoms with van der Waals surface area (Å²) in [6, 6.07) is 0.631. The normalized spacial score (nSPS) is 26.9. The third kappa shape index (κ3) is 2.65. The second kappa shape index (κ2) is 5.18. The molecule has 112 valence electrons. The minimum absolute atomic E-state index is 0.182. The lowest BCUT2D eigenvalue weighted by molar-refractivity contribution is 0.143. The van der Waals surface area contributed by atoms with Gasteiger partial charge in [0, 0.05) is 28.9 Å². The van der Waals surface area contributed by atoms with Crippen LogP contribution in [0.2, 0.25) is 0 Å². The van der Waals surface area contributed by atoms with Crippen LogP contribution < -0.4 is 5.32 Å². The summed E-state index contributed by atoms with van der Waals surface area (Å²) < 4.78 is 2.47. The van der Waals surface area contributed by atoms with E-state index in [0.29, 0.717) is 11.6 Å². The van der Waals surface area contributed by atoms with Gasteiger partial charge in [0.05, 0.1) is 6.33 Å². The van der Waals surface area contributed by atoms with Crippen molar-refractivity contribution >= 4 is 0 Å². The maximum Gasteiger partial charge on any atom is 0.0950 e. The SMILES string of the molecule is CC(C)(C)c1cncn1C1CCNC2(CCCCC2)C1. The predicted molar refractivity (Wildman–Crippen MR) is 83.0 cm³/mol. The van der Waals surface area contributed by atoms with E-state index in [0.717, 1.165) is 6.54 Å². The smallest absolute Gasteiger partial charge is 0.0950 e. The van der Waals surface area contributed by atoms with Crippen molar-refractivity contribution in [3.8, 4) is 0 Å². The first-order valence-electron chi connectivity index (χ1n) is 8.28. The summed E-state index contributed by atoms with van der Waals surface area (Å²) in [6.45, 7) is 8.03. The summed E-state index contributed by atoms with van der Waals surface area (Å²) in [5.74, 6) is 0. The maximum absolute atomic E-state index is 4.44. The van der Waals surface area contributed by atoms with Crippen molar-refractivity contribution in [1.29, 1.82) is 0 Å². The molecular weight excluding hydrogens is 246 g/mol. The third-order valence-corrected chi connectivity index (χ3v) is 5.24. The quantitative estimate of drug-likeness (QED) is 0.844. The molecule has 1 atom stereocenters. The summed E-state index contributed by atoms with van der Waals surface area (Å²) in [6.07, 6.45) is 13.6. The van der Waals surface area contributed by atoms with Gasteiger partial charge in [0.15, 0.2) is 0 Å². The van der Waals surface area contributed by atoms with Gasteiger partial charge in [-0.25, -0.2) is 4.98 Å². The van der Waals surface area contributed by atoms with Crippen LogP contribution in [0.5, 0.6) is 0 Å². The molecule has 3 rings (SSSR count). The molecule has 2 heterocycles. The third-order valence-electron chi connectivity index (χ3n) is 5.24. The highest BCUT2D eigenvalue weighted by Crippen LogP contribution is 2.40. The summed E-state index contributed by atoms with van der Waals surface area (Å²) in [5.41, 5.74) is 1.98. The second-order valence-corrected chi connectivity index (χ2v) is 7.85. The molecule has 0 aromatic carbocycles. The Morgan fingerprint density at radius 3 is 2.70 bits per heavy atom. The van der Waals surface area contributed by atoms with Gasteiger partial charge in [-0.05, 0) is 32.2 Å². The first-order chi connectivity index (χ1) is 9.50. The number of imidazole rings is 1. The van der Waals surface area contributed by atoms with Gasteiger partial charge in [0.25, 0.3) is 0 Å². The monoisotopic (exact) mass is 275 g/mol. The Kier molecular flexibility index (Phi) is 3.65. The summed E-state index contributed by atoms with van der Waals surface area (Å²) in [4.78, 5) is 4.44. The van der Waals surface area contributed by atoms with E-state index in [1.807, 2.05) is 0 Å². The number of rotatable bonds is 1. The fourth-order valence-corrected chi connectivity index (χ4v) is 4.15. The van der Waals surface area contributed by atoms with E-state index in [4.69, 9.17) is 0 Å². The number of aromatic nitrogens is 2. The molecule has 1 aromatic heterocycles. The Hall–Kier alpha value is -0.830. The van der Waals surface area contributed by atoms with Crippen molar-refractivity contribution in [1.82, 2.24) is 14.9 Å². The highest BCUT2D eigenvalue weighted by molar-refractivity contribution is 5.13. The van der Waals surface area contributed by atoms with E-state index in [1.54, 1.807) is 0 Å². The second-order valence-electron chi connectivity index (χ2n) is 7.85. The maximum atomic E-state index is 4.44. The molecule has 2 fully saturated rings. The van der Waals surface area contributed by atoms with Crippen molar-refractivity contribution < 1.29 is 0 Å². The van der Waals surface area contributed by atoms with E-state index < -0.39 is 0 Å². The number of nitrogens with zero attached hydrogens (tertiary/aromatic N) is 2. The summed E-state index contributed by atoms with van der Waals surface area (Å²) in [7, 11) is 0. The van der Waals surface area contributed by atoms with E-state index in [9.17, 15) is 0 Å². The Balaban J connectivity index is 1.82. The average Bonchev–Trinajstić information content (AvgIpc) is 2.89. The molecule has 20 heavy (non-hydrogen) atoms. The first-order valence-corrected chi connectivity index (χ1v) is 8.28. The first kappa shape index (κ1) is 14.1.